The van der Waals surface area contributed by atoms with E-state index in [1.54, 1.807) is 0 Å². The maximum absolute atomic E-state index is 12.9. The molecule has 3 rings (SSSR count). The monoisotopic (exact) mass is 422 g/mol. The Hall–Kier alpha value is -1.67. The van der Waals surface area contributed by atoms with Crippen molar-refractivity contribution in [3.8, 4) is 0 Å². The van der Waals surface area contributed by atoms with E-state index in [4.69, 9.17) is 0 Å². The van der Waals surface area contributed by atoms with E-state index in [0.717, 1.165) is 36.2 Å². The van der Waals surface area contributed by atoms with Gasteiger partial charge >= 0.3 is 0 Å². The van der Waals surface area contributed by atoms with Gasteiger partial charge in [0, 0.05) is 30.0 Å². The van der Waals surface area contributed by atoms with Crippen molar-refractivity contribution >= 4 is 15.7 Å². The van der Waals surface area contributed by atoms with E-state index in [9.17, 15) is 13.2 Å². The lowest BCUT2D eigenvalue weighted by Crippen LogP contribution is -2.38. The zero-order valence-electron chi connectivity index (χ0n) is 18.1. The van der Waals surface area contributed by atoms with Crippen LogP contribution in [0.2, 0.25) is 0 Å². The van der Waals surface area contributed by atoms with E-state index in [1.165, 1.54) is 12.1 Å². The van der Waals surface area contributed by atoms with Crippen molar-refractivity contribution in [2.45, 2.75) is 65.5 Å². The Labute approximate surface area is 174 Å². The Morgan fingerprint density at radius 3 is 2.66 bits per heavy atom. The van der Waals surface area contributed by atoms with Gasteiger partial charge in [0.15, 0.2) is 9.84 Å². The van der Waals surface area contributed by atoms with Gasteiger partial charge in [-0.25, -0.2) is 8.42 Å². The van der Waals surface area contributed by atoms with Gasteiger partial charge in [-0.1, -0.05) is 6.08 Å². The van der Waals surface area contributed by atoms with Crippen LogP contribution in [0, 0.1) is 13.8 Å². The van der Waals surface area contributed by atoms with Crippen LogP contribution in [0.5, 0.6) is 0 Å². The standard InChI is InChI=1S/C21H34N4O3S/c1-5-24(18-9-7-6-8-10-18)21(26)14-23(4)13-20-16(2)22-25(17(20)3)19-11-12-29(27,28)15-19/h9,19H,5-8,10-15H2,1-4H3/t19-/m1/s1. The highest BCUT2D eigenvalue weighted by Gasteiger charge is 2.31. The van der Waals surface area contributed by atoms with E-state index in [-0.39, 0.29) is 23.5 Å². The highest BCUT2D eigenvalue weighted by Crippen LogP contribution is 2.27. The number of allylic oxidation sites excluding steroid dienone is 2. The number of aromatic nitrogens is 2. The fraction of sp³-hybridized carbons (Fsp3) is 0.714. The van der Waals surface area contributed by atoms with Crippen LogP contribution in [-0.2, 0) is 21.2 Å². The number of rotatable bonds is 7. The van der Waals surface area contributed by atoms with Crippen molar-refractivity contribution < 1.29 is 13.2 Å². The Morgan fingerprint density at radius 1 is 1.31 bits per heavy atom. The summed E-state index contributed by atoms with van der Waals surface area (Å²) in [6, 6.07) is -0.0757. The second kappa shape index (κ2) is 9.00. The second-order valence-corrected chi connectivity index (χ2v) is 10.6. The largest absolute Gasteiger partial charge is 0.316 e. The first-order valence-corrected chi connectivity index (χ1v) is 12.5. The van der Waals surface area contributed by atoms with Gasteiger partial charge in [-0.15, -0.1) is 0 Å². The van der Waals surface area contributed by atoms with Gasteiger partial charge in [0.2, 0.25) is 5.91 Å². The molecule has 0 spiro atoms. The molecule has 1 aliphatic carbocycles. The molecule has 2 heterocycles. The molecule has 1 saturated heterocycles. The molecular weight excluding hydrogens is 388 g/mol. The molecule has 7 nitrogen and oxygen atoms in total. The molecular formula is C21H34N4O3S. The number of aryl methyl sites for hydroxylation is 1. The molecule has 0 unspecified atom stereocenters. The molecule has 0 radical (unpaired) electrons. The molecule has 0 saturated carbocycles. The lowest BCUT2D eigenvalue weighted by atomic mass is 10.0. The lowest BCUT2D eigenvalue weighted by Gasteiger charge is -2.28. The third kappa shape index (κ3) is 5.09. The number of carbonyl (C=O) groups excluding carboxylic acids is 1. The van der Waals surface area contributed by atoms with Crippen LogP contribution >= 0.6 is 0 Å². The third-order valence-corrected chi connectivity index (χ3v) is 7.84. The average molecular weight is 423 g/mol. The van der Waals surface area contributed by atoms with Crippen LogP contribution in [0.3, 0.4) is 0 Å². The number of sulfone groups is 1. The summed E-state index contributed by atoms with van der Waals surface area (Å²) in [6.45, 7) is 7.67. The first-order valence-electron chi connectivity index (χ1n) is 10.6. The van der Waals surface area contributed by atoms with E-state index in [1.807, 2.05) is 42.3 Å². The topological polar surface area (TPSA) is 75.5 Å². The predicted octanol–water partition coefficient (Wildman–Crippen LogP) is 2.60. The maximum Gasteiger partial charge on any atom is 0.240 e. The first kappa shape index (κ1) is 22.0. The molecule has 0 aromatic carbocycles. The Morgan fingerprint density at radius 2 is 2.07 bits per heavy atom. The van der Waals surface area contributed by atoms with Crippen molar-refractivity contribution in [1.82, 2.24) is 19.6 Å². The van der Waals surface area contributed by atoms with Crippen molar-refractivity contribution in [1.29, 1.82) is 0 Å². The molecule has 1 amide bonds. The van der Waals surface area contributed by atoms with Crippen molar-refractivity contribution in [3.05, 3.63) is 28.7 Å². The zero-order valence-corrected chi connectivity index (χ0v) is 19.0. The summed E-state index contributed by atoms with van der Waals surface area (Å²) in [5.74, 6) is 0.541. The van der Waals surface area contributed by atoms with Crippen LogP contribution in [0.4, 0.5) is 0 Å². The smallest absolute Gasteiger partial charge is 0.240 e. The number of likely N-dealkylation sites (N-methyl/N-ethyl adjacent to an activating group) is 2. The molecule has 29 heavy (non-hydrogen) atoms. The van der Waals surface area contributed by atoms with Gasteiger partial charge in [0.1, 0.15) is 0 Å². The highest BCUT2D eigenvalue weighted by atomic mass is 32.2. The Balaban J connectivity index is 1.66. The molecule has 0 bridgehead atoms. The van der Waals surface area contributed by atoms with Crippen LogP contribution in [0.1, 0.15) is 62.0 Å². The van der Waals surface area contributed by atoms with E-state index in [0.29, 0.717) is 26.1 Å². The van der Waals surface area contributed by atoms with E-state index >= 15 is 0 Å². The van der Waals surface area contributed by atoms with Gasteiger partial charge in [-0.2, -0.15) is 5.10 Å². The number of nitrogens with zero attached hydrogens (tertiary/aromatic N) is 4. The van der Waals surface area contributed by atoms with Crippen molar-refractivity contribution in [2.24, 2.45) is 0 Å². The quantitative estimate of drug-likeness (QED) is 0.675. The minimum absolute atomic E-state index is 0.0757. The van der Waals surface area contributed by atoms with Crippen LogP contribution in [0.25, 0.3) is 0 Å². The Kier molecular flexibility index (Phi) is 6.83. The maximum atomic E-state index is 12.9. The van der Waals surface area contributed by atoms with Gasteiger partial charge < -0.3 is 4.90 Å². The van der Waals surface area contributed by atoms with Gasteiger partial charge in [-0.05, 0) is 59.9 Å². The molecule has 2 aliphatic rings. The van der Waals surface area contributed by atoms with Crippen molar-refractivity contribution in [3.63, 3.8) is 0 Å². The fourth-order valence-corrected chi connectivity index (χ4v) is 6.19. The summed E-state index contributed by atoms with van der Waals surface area (Å²) >= 11 is 0. The summed E-state index contributed by atoms with van der Waals surface area (Å²) < 4.78 is 25.6. The molecule has 1 aliphatic heterocycles. The van der Waals surface area contributed by atoms with Gasteiger partial charge in [-0.3, -0.25) is 14.4 Å². The summed E-state index contributed by atoms with van der Waals surface area (Å²) in [5.41, 5.74) is 4.17. The number of amides is 1. The van der Waals surface area contributed by atoms with Crippen LogP contribution < -0.4 is 0 Å². The Bertz CT molecular complexity index is 888. The summed E-state index contributed by atoms with van der Waals surface area (Å²) in [5, 5.41) is 4.64. The van der Waals surface area contributed by atoms with Crippen LogP contribution in [-0.4, -0.2) is 65.5 Å². The molecule has 1 aromatic rings. The fourth-order valence-electron chi connectivity index (χ4n) is 4.50. The molecule has 1 atom stereocenters. The number of hydrogen-bond donors (Lipinski definition) is 0. The lowest BCUT2D eigenvalue weighted by molar-refractivity contribution is -0.130. The normalized spacial score (nSPS) is 21.4. The molecule has 8 heteroatoms. The van der Waals surface area contributed by atoms with Crippen molar-refractivity contribution in [2.75, 3.05) is 31.6 Å². The SMILES string of the molecule is CCN(C(=O)CN(C)Cc1c(C)nn([C@@H]2CCS(=O)(=O)C2)c1C)C1=CCCCC1. The zero-order chi connectivity index (χ0) is 21.2. The second-order valence-electron chi connectivity index (χ2n) is 8.40. The van der Waals surface area contributed by atoms with E-state index in [2.05, 4.69) is 11.2 Å². The van der Waals surface area contributed by atoms with Gasteiger partial charge in [0.05, 0.1) is 29.8 Å². The van der Waals surface area contributed by atoms with E-state index < -0.39 is 9.84 Å². The molecule has 1 fully saturated rings. The summed E-state index contributed by atoms with van der Waals surface area (Å²) in [7, 11) is -0.997. The third-order valence-electron chi connectivity index (χ3n) is 6.09. The highest BCUT2D eigenvalue weighted by molar-refractivity contribution is 7.91. The minimum Gasteiger partial charge on any atom is -0.316 e. The number of hydrogen-bond acceptors (Lipinski definition) is 5. The molecule has 162 valence electrons. The van der Waals surface area contributed by atoms with Gasteiger partial charge in [0.25, 0.3) is 0 Å². The van der Waals surface area contributed by atoms with Crippen LogP contribution in [0.15, 0.2) is 11.8 Å². The number of carbonyl (C=O) groups is 1. The predicted molar refractivity (Wildman–Crippen MR) is 114 cm³/mol. The summed E-state index contributed by atoms with van der Waals surface area (Å²) in [6.07, 6.45) is 7.24. The average Bonchev–Trinajstić information content (AvgIpc) is 3.16. The minimum atomic E-state index is -2.95. The molecule has 1 aromatic heterocycles. The first-order chi connectivity index (χ1) is 13.7. The summed E-state index contributed by atoms with van der Waals surface area (Å²) in [4.78, 5) is 16.8. The molecule has 0 N–H and O–H groups in total.